The number of aryl methyl sites for hydroxylation is 1. The van der Waals surface area contributed by atoms with Gasteiger partial charge in [0.2, 0.25) is 5.91 Å². The Bertz CT molecular complexity index is 449. The van der Waals surface area contributed by atoms with Crippen molar-refractivity contribution in [2.75, 3.05) is 12.4 Å². The number of amides is 1. The number of rotatable bonds is 4. The topological polar surface area (TPSA) is 38.3 Å². The van der Waals surface area contributed by atoms with Crippen LogP contribution in [0.3, 0.4) is 0 Å². The van der Waals surface area contributed by atoms with Gasteiger partial charge in [-0.3, -0.25) is 4.79 Å². The van der Waals surface area contributed by atoms with Gasteiger partial charge in [0.25, 0.3) is 0 Å². The van der Waals surface area contributed by atoms with Crippen molar-refractivity contribution < 1.29 is 9.53 Å². The molecule has 0 spiro atoms. The lowest BCUT2D eigenvalue weighted by Crippen LogP contribution is -2.27. The number of halogens is 1. The molecule has 1 unspecified atom stereocenters. The summed E-state index contributed by atoms with van der Waals surface area (Å²) in [5, 5.41) is 3.06. The summed E-state index contributed by atoms with van der Waals surface area (Å²) < 4.78 is 5.20. The lowest BCUT2D eigenvalue weighted by atomic mass is 10.1. The Morgan fingerprint density at radius 2 is 2.06 bits per heavy atom. The summed E-state index contributed by atoms with van der Waals surface area (Å²) >= 11 is 10.3. The molecule has 0 aliphatic rings. The van der Waals surface area contributed by atoms with Crippen molar-refractivity contribution in [3.8, 4) is 5.75 Å². The number of ether oxygens (including phenoxy) is 1. The van der Waals surface area contributed by atoms with E-state index in [2.05, 4.69) is 17.9 Å². The van der Waals surface area contributed by atoms with Crippen molar-refractivity contribution in [2.45, 2.75) is 26.0 Å². The summed E-state index contributed by atoms with van der Waals surface area (Å²) in [5.41, 5.74) is 1.50. The lowest BCUT2D eigenvalue weighted by Gasteiger charge is -2.17. The van der Waals surface area contributed by atoms with Crippen LogP contribution in [-0.2, 0) is 4.79 Å². The molecule has 18 heavy (non-hydrogen) atoms. The third-order valence-electron chi connectivity index (χ3n) is 2.64. The van der Waals surface area contributed by atoms with E-state index in [1.165, 1.54) is 7.11 Å². The molecule has 0 radical (unpaired) electrons. The van der Waals surface area contributed by atoms with E-state index in [0.29, 0.717) is 16.5 Å². The fourth-order valence-corrected chi connectivity index (χ4v) is 1.66. The lowest BCUT2D eigenvalue weighted by molar-refractivity contribution is -0.116. The van der Waals surface area contributed by atoms with Crippen LogP contribution in [0.1, 0.15) is 19.4 Å². The van der Waals surface area contributed by atoms with Gasteiger partial charge in [-0.15, -0.1) is 0 Å². The molecular formula is C13H18ClNO2S. The van der Waals surface area contributed by atoms with E-state index in [9.17, 15) is 4.79 Å². The highest BCUT2D eigenvalue weighted by atomic mass is 35.5. The number of hydrogen-bond donors (Lipinski definition) is 2. The zero-order chi connectivity index (χ0) is 13.9. The van der Waals surface area contributed by atoms with Gasteiger partial charge in [-0.2, -0.15) is 12.6 Å². The van der Waals surface area contributed by atoms with Gasteiger partial charge in [-0.25, -0.2) is 0 Å². The first kappa shape index (κ1) is 15.2. The molecule has 1 aromatic carbocycles. The molecule has 1 atom stereocenters. The molecule has 0 fully saturated rings. The minimum atomic E-state index is -0.356. The van der Waals surface area contributed by atoms with Crippen LogP contribution in [0, 0.1) is 12.8 Å². The molecule has 0 saturated heterocycles. The van der Waals surface area contributed by atoms with Crippen LogP contribution in [0.2, 0.25) is 5.02 Å². The van der Waals surface area contributed by atoms with Crippen LogP contribution < -0.4 is 10.1 Å². The summed E-state index contributed by atoms with van der Waals surface area (Å²) in [4.78, 5) is 11.9. The number of methoxy groups -OCH3 is 1. The van der Waals surface area contributed by atoms with Crippen LogP contribution in [0.15, 0.2) is 12.1 Å². The first-order valence-corrected chi connectivity index (χ1v) is 6.59. The van der Waals surface area contributed by atoms with Gasteiger partial charge in [0.1, 0.15) is 5.75 Å². The number of benzene rings is 1. The van der Waals surface area contributed by atoms with E-state index < -0.39 is 0 Å². The second-order valence-corrected chi connectivity index (χ2v) is 5.44. The van der Waals surface area contributed by atoms with Gasteiger partial charge >= 0.3 is 0 Å². The number of nitrogens with one attached hydrogen (secondary N) is 1. The van der Waals surface area contributed by atoms with Crippen molar-refractivity contribution >= 4 is 35.8 Å². The molecule has 1 rings (SSSR count). The Morgan fingerprint density at radius 3 is 2.56 bits per heavy atom. The van der Waals surface area contributed by atoms with Crippen molar-refractivity contribution in [1.82, 2.24) is 0 Å². The van der Waals surface area contributed by atoms with Crippen molar-refractivity contribution in [3.63, 3.8) is 0 Å². The zero-order valence-electron chi connectivity index (χ0n) is 11.0. The van der Waals surface area contributed by atoms with E-state index in [4.69, 9.17) is 16.3 Å². The Morgan fingerprint density at radius 1 is 1.44 bits per heavy atom. The summed E-state index contributed by atoms with van der Waals surface area (Å²) in [5.74, 6) is 0.560. The average Bonchev–Trinajstić information content (AvgIpc) is 2.32. The highest BCUT2D eigenvalue weighted by molar-refractivity contribution is 7.81. The number of hydrogen-bond acceptors (Lipinski definition) is 3. The summed E-state index contributed by atoms with van der Waals surface area (Å²) in [7, 11) is 1.54. The van der Waals surface area contributed by atoms with E-state index in [1.54, 1.807) is 12.1 Å². The van der Waals surface area contributed by atoms with Crippen LogP contribution in [0.25, 0.3) is 0 Å². The van der Waals surface area contributed by atoms with Crippen molar-refractivity contribution in [3.05, 3.63) is 22.7 Å². The van der Waals surface area contributed by atoms with Gasteiger partial charge in [0.15, 0.2) is 0 Å². The standard InChI is InChI=1S/C13H18ClNO2S/c1-7(2)12(18)13(16)15-10-5-8(3)9(14)6-11(10)17-4/h5-7,12,18H,1-4H3,(H,15,16). The molecule has 1 aromatic rings. The number of carbonyl (C=O) groups excluding carboxylic acids is 1. The second-order valence-electron chi connectivity index (χ2n) is 4.48. The molecule has 100 valence electrons. The monoisotopic (exact) mass is 287 g/mol. The molecule has 0 aliphatic heterocycles. The summed E-state index contributed by atoms with van der Waals surface area (Å²) in [6.45, 7) is 5.77. The van der Waals surface area contributed by atoms with Crippen LogP contribution in [-0.4, -0.2) is 18.3 Å². The van der Waals surface area contributed by atoms with Gasteiger partial charge in [-0.1, -0.05) is 25.4 Å². The Labute approximate surface area is 118 Å². The van der Waals surface area contributed by atoms with E-state index in [0.717, 1.165) is 5.56 Å². The molecule has 1 amide bonds. The molecule has 3 nitrogen and oxygen atoms in total. The molecule has 0 bridgehead atoms. The molecular weight excluding hydrogens is 270 g/mol. The molecule has 0 aromatic heterocycles. The van der Waals surface area contributed by atoms with Gasteiger partial charge in [0.05, 0.1) is 18.0 Å². The third-order valence-corrected chi connectivity index (χ3v) is 3.88. The fourth-order valence-electron chi connectivity index (χ4n) is 1.44. The molecule has 0 aliphatic carbocycles. The number of anilines is 1. The second kappa shape index (κ2) is 6.34. The smallest absolute Gasteiger partial charge is 0.237 e. The first-order chi connectivity index (χ1) is 8.36. The quantitative estimate of drug-likeness (QED) is 0.831. The largest absolute Gasteiger partial charge is 0.495 e. The predicted molar refractivity (Wildman–Crippen MR) is 79.0 cm³/mol. The maximum atomic E-state index is 11.9. The predicted octanol–water partition coefficient (Wildman–Crippen LogP) is 3.55. The normalized spacial score (nSPS) is 12.4. The van der Waals surface area contributed by atoms with Crippen molar-refractivity contribution in [1.29, 1.82) is 0 Å². The van der Waals surface area contributed by atoms with Gasteiger partial charge < -0.3 is 10.1 Å². The Balaban J connectivity index is 2.97. The van der Waals surface area contributed by atoms with Gasteiger partial charge in [0, 0.05) is 11.1 Å². The van der Waals surface area contributed by atoms with Crippen LogP contribution in [0.5, 0.6) is 5.75 Å². The molecule has 1 N–H and O–H groups in total. The Kier molecular flexibility index (Phi) is 5.35. The Hall–Kier alpha value is -0.870. The molecule has 0 saturated carbocycles. The zero-order valence-corrected chi connectivity index (χ0v) is 12.6. The number of carbonyl (C=O) groups is 1. The van der Waals surface area contributed by atoms with Crippen LogP contribution >= 0.6 is 24.2 Å². The SMILES string of the molecule is COc1cc(Cl)c(C)cc1NC(=O)C(S)C(C)C. The molecule has 0 heterocycles. The van der Waals surface area contributed by atoms with E-state index in [-0.39, 0.29) is 17.1 Å². The number of thiol groups is 1. The minimum Gasteiger partial charge on any atom is -0.495 e. The maximum absolute atomic E-state index is 11.9. The fraction of sp³-hybridized carbons (Fsp3) is 0.462. The van der Waals surface area contributed by atoms with E-state index >= 15 is 0 Å². The minimum absolute atomic E-state index is 0.145. The highest BCUT2D eigenvalue weighted by Gasteiger charge is 2.19. The van der Waals surface area contributed by atoms with Crippen LogP contribution in [0.4, 0.5) is 5.69 Å². The summed E-state index contributed by atoms with van der Waals surface area (Å²) in [6.07, 6.45) is 0. The first-order valence-electron chi connectivity index (χ1n) is 5.70. The molecule has 5 heteroatoms. The van der Waals surface area contributed by atoms with E-state index in [1.807, 2.05) is 20.8 Å². The van der Waals surface area contributed by atoms with Gasteiger partial charge in [-0.05, 0) is 24.5 Å². The third kappa shape index (κ3) is 3.56. The highest BCUT2D eigenvalue weighted by Crippen LogP contribution is 2.31. The summed E-state index contributed by atoms with van der Waals surface area (Å²) in [6, 6.07) is 3.48. The maximum Gasteiger partial charge on any atom is 0.237 e. The average molecular weight is 288 g/mol. The van der Waals surface area contributed by atoms with Crippen molar-refractivity contribution in [2.24, 2.45) is 5.92 Å².